The molecule has 4 rings (SSSR count). The topological polar surface area (TPSA) is 244 Å². The van der Waals surface area contributed by atoms with Gasteiger partial charge in [0.05, 0.1) is 48.0 Å². The molecule has 0 radical (unpaired) electrons. The summed E-state index contributed by atoms with van der Waals surface area (Å²) in [6.07, 6.45) is -6.72. The maximum Gasteiger partial charge on any atom is 0.351 e. The third kappa shape index (κ3) is 13.7. The van der Waals surface area contributed by atoms with Crippen LogP contribution in [0.5, 0.6) is 0 Å². The molecular formula is C47H71FN6O12S. The number of hydrogen-bond donors (Lipinski definition) is 3. The van der Waals surface area contributed by atoms with Crippen LogP contribution >= 0.6 is 11.3 Å². The number of nitrogen functional groups attached to an aromatic ring is 1. The number of ketones is 1. The molecule has 2 aromatic rings. The molecule has 67 heavy (non-hydrogen) atoms. The number of oxime groups is 1. The monoisotopic (exact) mass is 962 g/mol. The van der Waals surface area contributed by atoms with Crippen molar-refractivity contribution in [2.24, 2.45) is 27.9 Å². The molecule has 4 heterocycles. The van der Waals surface area contributed by atoms with Gasteiger partial charge in [0.2, 0.25) is 5.91 Å². The van der Waals surface area contributed by atoms with Crippen molar-refractivity contribution < 1.29 is 62.3 Å². The summed E-state index contributed by atoms with van der Waals surface area (Å²) in [7, 11) is 3.59. The highest BCUT2D eigenvalue weighted by molar-refractivity contribution is 7.13. The molecule has 0 unspecified atom stereocenters. The number of aromatic nitrogens is 2. The lowest BCUT2D eigenvalue weighted by Crippen LogP contribution is -2.61. The second kappa shape index (κ2) is 23.3. The Morgan fingerprint density at radius 1 is 1.03 bits per heavy atom. The number of ether oxygens (including phenoxy) is 5. The number of esters is 2. The first kappa shape index (κ1) is 55.3. The van der Waals surface area contributed by atoms with Gasteiger partial charge in [0, 0.05) is 36.3 Å². The number of hydrogen-bond acceptors (Lipinski definition) is 18. The lowest BCUT2D eigenvalue weighted by Gasteiger charge is -2.47. The summed E-state index contributed by atoms with van der Waals surface area (Å²) in [5.41, 5.74) is 0.204. The summed E-state index contributed by atoms with van der Waals surface area (Å²) in [6.45, 7) is 16.1. The van der Waals surface area contributed by atoms with Crippen LogP contribution in [-0.2, 0) is 54.3 Å². The molecule has 2 aliphatic heterocycles. The molecule has 4 N–H and O–H groups in total. The van der Waals surface area contributed by atoms with E-state index in [1.54, 1.807) is 66.9 Å². The molecule has 374 valence electrons. The van der Waals surface area contributed by atoms with Crippen molar-refractivity contribution in [1.82, 2.24) is 14.9 Å². The zero-order valence-corrected chi connectivity index (χ0v) is 41.9. The minimum Gasteiger partial charge on any atom is -0.457 e. The van der Waals surface area contributed by atoms with E-state index in [1.807, 2.05) is 17.2 Å². The number of carbonyl (C=O) groups is 4. The Kier molecular flexibility index (Phi) is 19.3. The first-order valence-corrected chi connectivity index (χ1v) is 23.8. The minimum absolute atomic E-state index is 0.0116. The number of anilines is 1. The maximum absolute atomic E-state index is 17.0. The van der Waals surface area contributed by atoms with Gasteiger partial charge in [-0.15, -0.1) is 11.3 Å². The average molecular weight is 963 g/mol. The first-order chi connectivity index (χ1) is 31.3. The van der Waals surface area contributed by atoms with Crippen molar-refractivity contribution in [3.63, 3.8) is 0 Å². The smallest absolute Gasteiger partial charge is 0.351 e. The van der Waals surface area contributed by atoms with Crippen molar-refractivity contribution in [2.75, 3.05) is 26.4 Å². The van der Waals surface area contributed by atoms with Crippen LogP contribution < -0.4 is 5.73 Å². The number of pyridine rings is 1. The van der Waals surface area contributed by atoms with Crippen LogP contribution in [0.25, 0.3) is 10.7 Å². The summed E-state index contributed by atoms with van der Waals surface area (Å²) in [5.74, 6) is -6.92. The number of nitrogens with two attached hydrogens (primary N) is 1. The number of alkyl halides is 1. The molecule has 18 nitrogen and oxygen atoms in total. The number of nitrogens with zero attached hydrogens (tertiary/aromatic N) is 5. The van der Waals surface area contributed by atoms with E-state index in [0.29, 0.717) is 40.8 Å². The Bertz CT molecular complexity index is 2090. The summed E-state index contributed by atoms with van der Waals surface area (Å²) in [5, 5.41) is 31.9. The van der Waals surface area contributed by atoms with E-state index < -0.39 is 101 Å². The third-order valence-corrected chi connectivity index (χ3v) is 13.4. The Morgan fingerprint density at radius 3 is 2.31 bits per heavy atom. The minimum atomic E-state index is -3.32. The standard InChI is InChI=1S/C47H71FN6O12S/c1-14-30(53-62-23-31-24-67-42(50-31)32-18-17-19-35(49)51-32)22-61-41-27(6)37(52-36(56)16-3)25(4)21-45(9,59)40(66-43-38(64-29(8)55)33(54(12)13)20-26(5)63-43)28(7)39(57)46(10,48)44(58)65-34(15-2)47(41,11)60/h17-19,24-28,33-34,38,40-41,43,59-60H,14-16,20-23H2,1-13H3,(H2,49,51)/t25-,26-,27+,28+,33+,34-,38-,40-,41-,43+,45-,46+,47-/m1/s1. The molecule has 2 fully saturated rings. The molecule has 2 saturated heterocycles. The molecule has 0 aromatic carbocycles. The fourth-order valence-corrected chi connectivity index (χ4v) is 9.71. The summed E-state index contributed by atoms with van der Waals surface area (Å²) in [6, 6.07) is 4.84. The van der Waals surface area contributed by atoms with Gasteiger partial charge >= 0.3 is 11.9 Å². The number of aliphatic imine (C=N–C) groups is 1. The van der Waals surface area contributed by atoms with E-state index in [1.165, 1.54) is 39.0 Å². The highest BCUT2D eigenvalue weighted by Gasteiger charge is 2.56. The van der Waals surface area contributed by atoms with Crippen LogP contribution in [0.3, 0.4) is 0 Å². The lowest BCUT2D eigenvalue weighted by atomic mass is 9.73. The average Bonchev–Trinajstić information content (AvgIpc) is 3.73. The van der Waals surface area contributed by atoms with Crippen molar-refractivity contribution in [1.29, 1.82) is 0 Å². The Balaban J connectivity index is 1.77. The zero-order chi connectivity index (χ0) is 50.2. The maximum atomic E-state index is 17.0. The molecule has 0 aliphatic carbocycles. The van der Waals surface area contributed by atoms with Gasteiger partial charge in [-0.3, -0.25) is 14.4 Å². The number of amides is 1. The molecule has 0 bridgehead atoms. The van der Waals surface area contributed by atoms with Gasteiger partial charge < -0.3 is 49.4 Å². The van der Waals surface area contributed by atoms with E-state index in [9.17, 15) is 29.4 Å². The normalized spacial score (nSPS) is 34.4. The Morgan fingerprint density at radius 2 is 1.72 bits per heavy atom. The molecule has 13 atom stereocenters. The van der Waals surface area contributed by atoms with Crippen LogP contribution in [0, 0.1) is 17.8 Å². The van der Waals surface area contributed by atoms with Crippen molar-refractivity contribution in [3.8, 4) is 10.7 Å². The number of carbonyl (C=O) groups excluding carboxylic acids is 4. The Labute approximate surface area is 397 Å². The SMILES string of the molecule is CCC(=O)N=C1[C@H](C)C[C@@](C)(O)[C@H](O[C@@H]2O[C@H](C)C[C@H](N(C)C)[C@H]2OC(C)=O)[C@@H](C)C(=O)[C@](C)(F)C(=O)O[C@H](CC)[C@@](C)(O)[C@H](OCC(CC)=NOCc2csc(-c3cccc(N)n3)n2)[C@H]1C. The van der Waals surface area contributed by atoms with E-state index in [-0.39, 0.29) is 38.2 Å². The van der Waals surface area contributed by atoms with Gasteiger partial charge in [-0.25, -0.2) is 24.1 Å². The van der Waals surface area contributed by atoms with Gasteiger partial charge in [0.15, 0.2) is 24.8 Å². The molecule has 20 heteroatoms. The fourth-order valence-electron chi connectivity index (χ4n) is 8.94. The second-order valence-electron chi connectivity index (χ2n) is 18.5. The summed E-state index contributed by atoms with van der Waals surface area (Å²) >= 11 is 1.37. The van der Waals surface area contributed by atoms with Crippen LogP contribution in [0.4, 0.5) is 10.2 Å². The largest absolute Gasteiger partial charge is 0.457 e. The van der Waals surface area contributed by atoms with E-state index >= 15 is 4.39 Å². The highest BCUT2D eigenvalue weighted by atomic mass is 32.1. The van der Waals surface area contributed by atoms with Crippen molar-refractivity contribution in [2.45, 2.75) is 175 Å². The number of rotatable bonds is 14. The number of Topliss-reactive ketones (excluding diaryl/α,β-unsaturated/α-hetero) is 1. The van der Waals surface area contributed by atoms with E-state index in [4.69, 9.17) is 34.3 Å². The van der Waals surface area contributed by atoms with Crippen molar-refractivity contribution >= 4 is 52.2 Å². The second-order valence-corrected chi connectivity index (χ2v) is 19.4. The first-order valence-electron chi connectivity index (χ1n) is 22.9. The van der Waals surface area contributed by atoms with Crippen LogP contribution in [0.15, 0.2) is 33.7 Å². The summed E-state index contributed by atoms with van der Waals surface area (Å²) in [4.78, 5) is 75.0. The number of cyclic esters (lactones) is 1. The zero-order valence-electron chi connectivity index (χ0n) is 41.1. The van der Waals surface area contributed by atoms with Crippen LogP contribution in [0.1, 0.15) is 114 Å². The van der Waals surface area contributed by atoms with E-state index in [2.05, 4.69) is 20.1 Å². The third-order valence-electron chi connectivity index (χ3n) is 12.5. The lowest BCUT2D eigenvalue weighted by molar-refractivity contribution is -0.295. The van der Waals surface area contributed by atoms with Gasteiger partial charge in [-0.1, -0.05) is 52.8 Å². The molecular weight excluding hydrogens is 892 g/mol. The van der Waals surface area contributed by atoms with Gasteiger partial charge in [-0.05, 0) is 85.5 Å². The van der Waals surface area contributed by atoms with Crippen molar-refractivity contribution in [3.05, 3.63) is 29.3 Å². The van der Waals surface area contributed by atoms with Gasteiger partial charge in [0.1, 0.15) is 28.2 Å². The number of aliphatic hydroxyl groups is 2. The quantitative estimate of drug-likeness (QED) is 0.0897. The van der Waals surface area contributed by atoms with Crippen LogP contribution in [0.2, 0.25) is 0 Å². The molecule has 1 amide bonds. The van der Waals surface area contributed by atoms with Gasteiger partial charge in [0.25, 0.3) is 5.67 Å². The molecule has 0 saturated carbocycles. The molecule has 0 spiro atoms. The highest BCUT2D eigenvalue weighted by Crippen LogP contribution is 2.39. The van der Waals surface area contributed by atoms with E-state index in [0.717, 1.165) is 6.92 Å². The summed E-state index contributed by atoms with van der Waals surface area (Å²) < 4.78 is 47.7. The fraction of sp³-hybridized carbons (Fsp3) is 0.702. The van der Waals surface area contributed by atoms with Gasteiger partial charge in [-0.2, -0.15) is 0 Å². The molecule has 2 aliphatic rings. The molecule has 2 aromatic heterocycles. The van der Waals surface area contributed by atoms with Crippen LogP contribution in [-0.4, -0.2) is 141 Å². The Hall–Kier alpha value is -4.31. The number of likely N-dealkylation sites (N-methyl/N-ethyl adjacent to an activating group) is 1. The predicted molar refractivity (Wildman–Crippen MR) is 250 cm³/mol. The predicted octanol–water partition coefficient (Wildman–Crippen LogP) is 5.65. The number of thiazole rings is 1. The number of halogens is 1.